The van der Waals surface area contributed by atoms with Gasteiger partial charge in [-0.05, 0) is 0 Å². The standard InChI is InChI=1S/C11H11N3O/c1-14-10(9(12)7-13-14)11(15)8-5-3-2-4-6-8/h2-7H,12H2,1H3. The van der Waals surface area contributed by atoms with Gasteiger partial charge in [-0.15, -0.1) is 0 Å². The molecule has 0 amide bonds. The molecule has 0 atom stereocenters. The van der Waals surface area contributed by atoms with Crippen molar-refractivity contribution in [1.82, 2.24) is 9.78 Å². The largest absolute Gasteiger partial charge is 0.396 e. The van der Waals surface area contributed by atoms with Gasteiger partial charge in [-0.2, -0.15) is 5.10 Å². The van der Waals surface area contributed by atoms with E-state index >= 15 is 0 Å². The molecule has 0 spiro atoms. The SMILES string of the molecule is Cn1ncc(N)c1C(=O)c1ccccc1. The summed E-state index contributed by atoms with van der Waals surface area (Å²) in [5, 5.41) is 3.93. The highest BCUT2D eigenvalue weighted by Crippen LogP contribution is 2.14. The van der Waals surface area contributed by atoms with Gasteiger partial charge >= 0.3 is 0 Å². The van der Waals surface area contributed by atoms with Crippen LogP contribution in [0.2, 0.25) is 0 Å². The average Bonchev–Trinajstić information content (AvgIpc) is 2.59. The molecule has 15 heavy (non-hydrogen) atoms. The zero-order valence-corrected chi connectivity index (χ0v) is 8.34. The third kappa shape index (κ3) is 1.61. The Morgan fingerprint density at radius 2 is 2.00 bits per heavy atom. The van der Waals surface area contributed by atoms with Gasteiger partial charge in [0, 0.05) is 12.6 Å². The van der Waals surface area contributed by atoms with Crippen LogP contribution in [-0.2, 0) is 7.05 Å². The summed E-state index contributed by atoms with van der Waals surface area (Å²) >= 11 is 0. The summed E-state index contributed by atoms with van der Waals surface area (Å²) in [6, 6.07) is 9.02. The van der Waals surface area contributed by atoms with Crippen LogP contribution >= 0.6 is 0 Å². The van der Waals surface area contributed by atoms with Crippen LogP contribution in [0.1, 0.15) is 16.1 Å². The molecule has 2 N–H and O–H groups in total. The second kappa shape index (κ2) is 3.57. The van der Waals surface area contributed by atoms with Crippen molar-refractivity contribution in [3.05, 3.63) is 47.8 Å². The Morgan fingerprint density at radius 3 is 2.53 bits per heavy atom. The molecule has 4 nitrogen and oxygen atoms in total. The van der Waals surface area contributed by atoms with Gasteiger partial charge in [0.15, 0.2) is 0 Å². The number of anilines is 1. The zero-order valence-electron chi connectivity index (χ0n) is 8.34. The molecule has 0 saturated heterocycles. The van der Waals surface area contributed by atoms with Crippen LogP contribution in [0.4, 0.5) is 5.69 Å². The van der Waals surface area contributed by atoms with Crippen molar-refractivity contribution in [2.24, 2.45) is 7.05 Å². The summed E-state index contributed by atoms with van der Waals surface area (Å²) in [5.41, 5.74) is 7.13. The van der Waals surface area contributed by atoms with Crippen LogP contribution in [0.25, 0.3) is 0 Å². The van der Waals surface area contributed by atoms with E-state index in [4.69, 9.17) is 5.73 Å². The molecule has 2 rings (SSSR count). The van der Waals surface area contributed by atoms with Crippen molar-refractivity contribution >= 4 is 11.5 Å². The number of nitrogens with zero attached hydrogens (tertiary/aromatic N) is 2. The molecule has 1 aromatic heterocycles. The van der Waals surface area contributed by atoms with E-state index < -0.39 is 0 Å². The number of aromatic nitrogens is 2. The normalized spacial score (nSPS) is 10.2. The summed E-state index contributed by atoms with van der Waals surface area (Å²) in [5.74, 6) is -0.104. The van der Waals surface area contributed by atoms with E-state index in [0.717, 1.165) is 0 Å². The van der Waals surface area contributed by atoms with Gasteiger partial charge in [-0.1, -0.05) is 30.3 Å². The Bertz CT molecular complexity index is 468. The minimum atomic E-state index is -0.104. The molecule has 0 unspecified atom stereocenters. The fourth-order valence-electron chi connectivity index (χ4n) is 1.46. The summed E-state index contributed by atoms with van der Waals surface area (Å²) in [6.07, 6.45) is 1.48. The molecule has 0 aliphatic heterocycles. The summed E-state index contributed by atoms with van der Waals surface area (Å²) in [7, 11) is 1.70. The molecule has 0 fully saturated rings. The predicted molar refractivity (Wildman–Crippen MR) is 57.5 cm³/mol. The maximum Gasteiger partial charge on any atom is 0.213 e. The van der Waals surface area contributed by atoms with Crippen molar-refractivity contribution in [2.45, 2.75) is 0 Å². The lowest BCUT2D eigenvalue weighted by molar-refractivity contribution is 0.103. The minimum absolute atomic E-state index is 0.104. The van der Waals surface area contributed by atoms with E-state index in [1.54, 1.807) is 19.2 Å². The van der Waals surface area contributed by atoms with E-state index in [1.807, 2.05) is 18.2 Å². The van der Waals surface area contributed by atoms with E-state index in [2.05, 4.69) is 5.10 Å². The third-order valence-corrected chi connectivity index (χ3v) is 2.22. The zero-order chi connectivity index (χ0) is 10.8. The van der Waals surface area contributed by atoms with Crippen LogP contribution in [-0.4, -0.2) is 15.6 Å². The molecule has 2 aromatic rings. The van der Waals surface area contributed by atoms with E-state index in [1.165, 1.54) is 10.9 Å². The molecule has 0 bridgehead atoms. The monoisotopic (exact) mass is 201 g/mol. The Balaban J connectivity index is 2.46. The smallest absolute Gasteiger partial charge is 0.213 e. The number of ketones is 1. The lowest BCUT2D eigenvalue weighted by atomic mass is 10.1. The predicted octanol–water partition coefficient (Wildman–Crippen LogP) is 1.23. The number of hydrogen-bond acceptors (Lipinski definition) is 3. The first-order chi connectivity index (χ1) is 7.20. The second-order valence-electron chi connectivity index (χ2n) is 3.27. The maximum atomic E-state index is 12.0. The third-order valence-electron chi connectivity index (χ3n) is 2.22. The van der Waals surface area contributed by atoms with Crippen molar-refractivity contribution in [1.29, 1.82) is 0 Å². The highest BCUT2D eigenvalue weighted by atomic mass is 16.1. The van der Waals surface area contributed by atoms with Gasteiger partial charge in [0.2, 0.25) is 5.78 Å². The first kappa shape index (κ1) is 9.45. The van der Waals surface area contributed by atoms with Gasteiger partial charge in [-0.25, -0.2) is 0 Å². The number of carbonyl (C=O) groups is 1. The average molecular weight is 201 g/mol. The van der Waals surface area contributed by atoms with Crippen LogP contribution in [0.15, 0.2) is 36.5 Å². The highest BCUT2D eigenvalue weighted by Gasteiger charge is 2.16. The molecule has 1 aromatic carbocycles. The van der Waals surface area contributed by atoms with E-state index in [0.29, 0.717) is 16.9 Å². The quantitative estimate of drug-likeness (QED) is 0.743. The van der Waals surface area contributed by atoms with Crippen molar-refractivity contribution in [3.63, 3.8) is 0 Å². The molecule has 4 heteroatoms. The molecule has 0 saturated carbocycles. The van der Waals surface area contributed by atoms with Crippen LogP contribution in [0.3, 0.4) is 0 Å². The number of aryl methyl sites for hydroxylation is 1. The van der Waals surface area contributed by atoms with Crippen molar-refractivity contribution in [3.8, 4) is 0 Å². The number of hydrogen-bond donors (Lipinski definition) is 1. The maximum absolute atomic E-state index is 12.0. The molecule has 76 valence electrons. The highest BCUT2D eigenvalue weighted by molar-refractivity contribution is 6.10. The number of carbonyl (C=O) groups excluding carboxylic acids is 1. The summed E-state index contributed by atoms with van der Waals surface area (Å²) in [4.78, 5) is 12.0. The van der Waals surface area contributed by atoms with Gasteiger partial charge in [-0.3, -0.25) is 9.48 Å². The number of benzene rings is 1. The molecule has 1 heterocycles. The lowest BCUT2D eigenvalue weighted by Crippen LogP contribution is -2.10. The Labute approximate surface area is 87.3 Å². The first-order valence-corrected chi connectivity index (χ1v) is 4.57. The summed E-state index contributed by atoms with van der Waals surface area (Å²) < 4.78 is 1.49. The topological polar surface area (TPSA) is 60.9 Å². The number of rotatable bonds is 2. The van der Waals surface area contributed by atoms with E-state index in [-0.39, 0.29) is 5.78 Å². The molecule has 0 radical (unpaired) electrons. The molecular weight excluding hydrogens is 190 g/mol. The Hall–Kier alpha value is -2.10. The van der Waals surface area contributed by atoms with Crippen molar-refractivity contribution < 1.29 is 4.79 Å². The second-order valence-corrected chi connectivity index (χ2v) is 3.27. The molecule has 0 aliphatic rings. The fraction of sp³-hybridized carbons (Fsp3) is 0.0909. The van der Waals surface area contributed by atoms with Crippen LogP contribution < -0.4 is 5.73 Å². The lowest BCUT2D eigenvalue weighted by Gasteiger charge is -2.02. The Morgan fingerprint density at radius 1 is 1.33 bits per heavy atom. The van der Waals surface area contributed by atoms with Gasteiger partial charge in [0.05, 0.1) is 11.9 Å². The first-order valence-electron chi connectivity index (χ1n) is 4.57. The fourth-order valence-corrected chi connectivity index (χ4v) is 1.46. The molecular formula is C11H11N3O. The van der Waals surface area contributed by atoms with Crippen molar-refractivity contribution in [2.75, 3.05) is 5.73 Å². The minimum Gasteiger partial charge on any atom is -0.396 e. The molecule has 0 aliphatic carbocycles. The van der Waals surface area contributed by atoms with Crippen LogP contribution in [0.5, 0.6) is 0 Å². The van der Waals surface area contributed by atoms with Gasteiger partial charge in [0.1, 0.15) is 5.69 Å². The summed E-state index contributed by atoms with van der Waals surface area (Å²) in [6.45, 7) is 0. The number of nitrogen functional groups attached to an aromatic ring is 1. The van der Waals surface area contributed by atoms with Gasteiger partial charge < -0.3 is 5.73 Å². The van der Waals surface area contributed by atoms with Crippen LogP contribution in [0, 0.1) is 0 Å². The van der Waals surface area contributed by atoms with Gasteiger partial charge in [0.25, 0.3) is 0 Å². The number of nitrogens with two attached hydrogens (primary N) is 1. The Kier molecular flexibility index (Phi) is 2.25. The van der Waals surface area contributed by atoms with E-state index in [9.17, 15) is 4.79 Å².